The molecule has 0 spiro atoms. The molecule has 31 heavy (non-hydrogen) atoms. The van der Waals surface area contributed by atoms with Gasteiger partial charge < -0.3 is 16.2 Å². The minimum atomic E-state index is -0.516. The molecule has 2 aromatic rings. The van der Waals surface area contributed by atoms with Crippen molar-refractivity contribution in [3.05, 3.63) is 53.4 Å². The molecule has 2 aliphatic carbocycles. The molecule has 0 radical (unpaired) electrons. The Hall–Kier alpha value is -2.38. The standard InChI is InChI=1S/C24H31FN4O2/c1-14-11-16(12-19(26)23(14)30)17-9-10-27-13-21(17)29-24(31)20-8-7-18(25)22(28-20)15-5-3-2-4-6-15/h7-10,13-16,19,23,30H,2-6,11-12,26H2,1H3,(H,29,31)/t14-,16+,19+,23+/m0/s1. The molecule has 0 aromatic carbocycles. The van der Waals surface area contributed by atoms with Gasteiger partial charge in [0.1, 0.15) is 11.5 Å². The van der Waals surface area contributed by atoms with Crippen LogP contribution >= 0.6 is 0 Å². The predicted molar refractivity (Wildman–Crippen MR) is 117 cm³/mol. The van der Waals surface area contributed by atoms with E-state index in [9.17, 15) is 14.3 Å². The van der Waals surface area contributed by atoms with E-state index in [2.05, 4.69) is 15.3 Å². The van der Waals surface area contributed by atoms with Crippen LogP contribution in [0.5, 0.6) is 0 Å². The predicted octanol–water partition coefficient (Wildman–Crippen LogP) is 4.12. The lowest BCUT2D eigenvalue weighted by Crippen LogP contribution is -2.44. The first-order valence-electron chi connectivity index (χ1n) is 11.3. The van der Waals surface area contributed by atoms with Gasteiger partial charge in [-0.1, -0.05) is 26.2 Å². The van der Waals surface area contributed by atoms with Gasteiger partial charge in [-0.2, -0.15) is 0 Å². The summed E-state index contributed by atoms with van der Waals surface area (Å²) in [5, 5.41) is 13.1. The number of carbonyl (C=O) groups is 1. The van der Waals surface area contributed by atoms with Crippen molar-refractivity contribution >= 4 is 11.6 Å². The molecular weight excluding hydrogens is 395 g/mol. The van der Waals surface area contributed by atoms with Crippen molar-refractivity contribution in [2.24, 2.45) is 11.7 Å². The van der Waals surface area contributed by atoms with Crippen LogP contribution in [0.15, 0.2) is 30.6 Å². The molecule has 4 rings (SSSR count). The fourth-order valence-electron chi connectivity index (χ4n) is 5.13. The normalized spacial score (nSPS) is 27.1. The highest BCUT2D eigenvalue weighted by Crippen LogP contribution is 2.38. The molecule has 2 heterocycles. The first kappa shape index (κ1) is 21.8. The van der Waals surface area contributed by atoms with Crippen LogP contribution < -0.4 is 11.1 Å². The number of hydrogen-bond donors (Lipinski definition) is 3. The summed E-state index contributed by atoms with van der Waals surface area (Å²) in [5.74, 6) is -0.450. The third-order valence-corrected chi connectivity index (χ3v) is 6.88. The summed E-state index contributed by atoms with van der Waals surface area (Å²) in [6.45, 7) is 1.99. The Morgan fingerprint density at radius 1 is 1.16 bits per heavy atom. The number of rotatable bonds is 4. The van der Waals surface area contributed by atoms with E-state index >= 15 is 0 Å². The molecular formula is C24H31FN4O2. The second-order valence-electron chi connectivity index (χ2n) is 9.12. The highest BCUT2D eigenvalue weighted by Gasteiger charge is 2.34. The number of hydrogen-bond acceptors (Lipinski definition) is 5. The average molecular weight is 427 g/mol. The number of nitrogens with zero attached hydrogens (tertiary/aromatic N) is 2. The van der Waals surface area contributed by atoms with E-state index in [4.69, 9.17) is 5.73 Å². The third-order valence-electron chi connectivity index (χ3n) is 6.88. The zero-order chi connectivity index (χ0) is 22.0. The van der Waals surface area contributed by atoms with Gasteiger partial charge in [0.2, 0.25) is 0 Å². The largest absolute Gasteiger partial charge is 0.391 e. The minimum absolute atomic E-state index is 0.0716. The lowest BCUT2D eigenvalue weighted by atomic mass is 9.74. The number of halogens is 1. The van der Waals surface area contributed by atoms with E-state index in [0.717, 1.165) is 37.7 Å². The van der Waals surface area contributed by atoms with Gasteiger partial charge in [0.15, 0.2) is 0 Å². The summed E-state index contributed by atoms with van der Waals surface area (Å²) in [7, 11) is 0. The van der Waals surface area contributed by atoms with Gasteiger partial charge in [-0.3, -0.25) is 9.78 Å². The summed E-state index contributed by atoms with van der Waals surface area (Å²) in [5.41, 5.74) is 8.31. The summed E-state index contributed by atoms with van der Waals surface area (Å²) < 4.78 is 14.4. The van der Waals surface area contributed by atoms with Crippen LogP contribution in [-0.4, -0.2) is 33.1 Å². The molecule has 7 heteroatoms. The smallest absolute Gasteiger partial charge is 0.274 e. The zero-order valence-electron chi connectivity index (χ0n) is 17.9. The molecule has 1 amide bonds. The number of nitrogens with one attached hydrogen (secondary N) is 1. The van der Waals surface area contributed by atoms with Crippen molar-refractivity contribution < 1.29 is 14.3 Å². The van der Waals surface area contributed by atoms with Crippen molar-refractivity contribution in [1.29, 1.82) is 0 Å². The number of nitrogens with two attached hydrogens (primary N) is 1. The second kappa shape index (κ2) is 9.40. The molecule has 2 aromatic heterocycles. The Kier molecular flexibility index (Phi) is 6.62. The van der Waals surface area contributed by atoms with E-state index in [0.29, 0.717) is 17.8 Å². The monoisotopic (exact) mass is 426 g/mol. The number of aliphatic hydroxyl groups is 1. The number of aromatic nitrogens is 2. The highest BCUT2D eigenvalue weighted by atomic mass is 19.1. The number of anilines is 1. The SMILES string of the molecule is C[C@H]1C[C@@H](c2ccncc2NC(=O)c2ccc(F)c(C3CCCCC3)n2)C[C@@H](N)[C@@H]1O. The van der Waals surface area contributed by atoms with E-state index in [1.807, 2.05) is 13.0 Å². The van der Waals surface area contributed by atoms with Crippen LogP contribution in [0.2, 0.25) is 0 Å². The highest BCUT2D eigenvalue weighted by molar-refractivity contribution is 6.03. The van der Waals surface area contributed by atoms with E-state index < -0.39 is 6.10 Å². The van der Waals surface area contributed by atoms with E-state index in [1.54, 1.807) is 12.4 Å². The molecule has 166 valence electrons. The van der Waals surface area contributed by atoms with Crippen molar-refractivity contribution in [2.75, 3.05) is 5.32 Å². The maximum absolute atomic E-state index is 14.4. The molecule has 0 saturated heterocycles. The maximum atomic E-state index is 14.4. The first-order valence-corrected chi connectivity index (χ1v) is 11.3. The van der Waals surface area contributed by atoms with Crippen molar-refractivity contribution in [3.63, 3.8) is 0 Å². The van der Waals surface area contributed by atoms with Crippen LogP contribution in [0, 0.1) is 11.7 Å². The summed E-state index contributed by atoms with van der Waals surface area (Å²) in [6.07, 6.45) is 9.35. The van der Waals surface area contributed by atoms with Gasteiger partial charge in [-0.05, 0) is 61.3 Å². The molecule has 4 N–H and O–H groups in total. The van der Waals surface area contributed by atoms with Gasteiger partial charge >= 0.3 is 0 Å². The molecule has 0 aliphatic heterocycles. The molecule has 0 bridgehead atoms. The first-order chi connectivity index (χ1) is 14.9. The van der Waals surface area contributed by atoms with Crippen LogP contribution in [0.1, 0.15) is 85.5 Å². The molecule has 2 aliphatic rings. The number of carbonyl (C=O) groups excluding carboxylic acids is 1. The van der Waals surface area contributed by atoms with Gasteiger partial charge in [0.05, 0.1) is 23.7 Å². The average Bonchev–Trinajstić information content (AvgIpc) is 2.78. The summed E-state index contributed by atoms with van der Waals surface area (Å²) in [4.78, 5) is 21.6. The van der Waals surface area contributed by atoms with Crippen molar-refractivity contribution in [2.45, 2.75) is 75.9 Å². The van der Waals surface area contributed by atoms with Gasteiger partial charge in [0.25, 0.3) is 5.91 Å². The van der Waals surface area contributed by atoms with Crippen molar-refractivity contribution in [1.82, 2.24) is 9.97 Å². The Balaban J connectivity index is 1.54. The fraction of sp³-hybridized carbons (Fsp3) is 0.542. The van der Waals surface area contributed by atoms with Crippen LogP contribution in [0.4, 0.5) is 10.1 Å². The number of aliphatic hydroxyl groups excluding tert-OH is 1. The van der Waals surface area contributed by atoms with Crippen LogP contribution in [0.25, 0.3) is 0 Å². The lowest BCUT2D eigenvalue weighted by Gasteiger charge is -2.36. The Morgan fingerprint density at radius 3 is 2.68 bits per heavy atom. The summed E-state index contributed by atoms with van der Waals surface area (Å²) >= 11 is 0. The topological polar surface area (TPSA) is 101 Å². The lowest BCUT2D eigenvalue weighted by molar-refractivity contribution is 0.0521. The maximum Gasteiger partial charge on any atom is 0.274 e. The Morgan fingerprint density at radius 2 is 1.94 bits per heavy atom. The second-order valence-corrected chi connectivity index (χ2v) is 9.12. The molecule has 6 nitrogen and oxygen atoms in total. The van der Waals surface area contributed by atoms with Crippen LogP contribution in [-0.2, 0) is 0 Å². The van der Waals surface area contributed by atoms with Crippen molar-refractivity contribution in [3.8, 4) is 0 Å². The van der Waals surface area contributed by atoms with E-state index in [-0.39, 0.29) is 41.2 Å². The Bertz CT molecular complexity index is 920. The van der Waals surface area contributed by atoms with E-state index in [1.165, 1.54) is 18.6 Å². The third kappa shape index (κ3) is 4.77. The molecule has 4 atom stereocenters. The summed E-state index contributed by atoms with van der Waals surface area (Å²) in [6, 6.07) is 4.37. The Labute approximate surface area is 182 Å². The van der Waals surface area contributed by atoms with Crippen LogP contribution in [0.3, 0.4) is 0 Å². The number of amides is 1. The number of pyridine rings is 2. The quantitative estimate of drug-likeness (QED) is 0.683. The molecule has 2 fully saturated rings. The van der Waals surface area contributed by atoms with Gasteiger partial charge in [-0.15, -0.1) is 0 Å². The fourth-order valence-corrected chi connectivity index (χ4v) is 5.13. The van der Waals surface area contributed by atoms with Gasteiger partial charge in [0, 0.05) is 18.2 Å². The molecule has 0 unspecified atom stereocenters. The van der Waals surface area contributed by atoms with Gasteiger partial charge in [-0.25, -0.2) is 9.37 Å². The zero-order valence-corrected chi connectivity index (χ0v) is 17.9. The minimum Gasteiger partial charge on any atom is -0.391 e. The molecule has 2 saturated carbocycles.